The van der Waals surface area contributed by atoms with Crippen molar-refractivity contribution < 1.29 is 9.53 Å². The molecule has 0 aliphatic carbocycles. The summed E-state index contributed by atoms with van der Waals surface area (Å²) >= 11 is 0. The van der Waals surface area contributed by atoms with E-state index in [1.807, 2.05) is 12.2 Å². The molecule has 0 aliphatic rings. The van der Waals surface area contributed by atoms with E-state index in [1.165, 1.54) is 6.92 Å². The van der Waals surface area contributed by atoms with Gasteiger partial charge in [0.25, 0.3) is 0 Å². The Morgan fingerprint density at radius 3 is 2.36 bits per heavy atom. The van der Waals surface area contributed by atoms with Crippen molar-refractivity contribution in [3.8, 4) is 0 Å². The van der Waals surface area contributed by atoms with Gasteiger partial charge in [-0.1, -0.05) is 32.9 Å². The topological polar surface area (TPSA) is 26.3 Å². The quantitative estimate of drug-likeness (QED) is 0.452. The van der Waals surface area contributed by atoms with E-state index in [0.717, 1.165) is 0 Å². The summed E-state index contributed by atoms with van der Waals surface area (Å²) in [7, 11) is 0. The normalized spacial score (nSPS) is 12.0. The van der Waals surface area contributed by atoms with Gasteiger partial charge in [-0.15, -0.1) is 0 Å². The zero-order valence-corrected chi connectivity index (χ0v) is 7.68. The summed E-state index contributed by atoms with van der Waals surface area (Å²) in [5.74, 6) is -0.233. The Morgan fingerprint density at radius 1 is 1.45 bits per heavy atom. The molecule has 64 valence electrons. The summed E-state index contributed by atoms with van der Waals surface area (Å²) in [5.41, 5.74) is 0.167. The van der Waals surface area contributed by atoms with Gasteiger partial charge in [-0.3, -0.25) is 4.79 Å². The van der Waals surface area contributed by atoms with Crippen molar-refractivity contribution >= 4 is 5.97 Å². The van der Waals surface area contributed by atoms with Gasteiger partial charge in [-0.05, 0) is 5.41 Å². The molecule has 0 atom stereocenters. The molecule has 0 saturated heterocycles. The Balaban J connectivity index is 3.54. The van der Waals surface area contributed by atoms with E-state index in [0.29, 0.717) is 6.61 Å². The number of hydrogen-bond donors (Lipinski definition) is 0. The Bertz CT molecular complexity index is 151. The first kappa shape index (κ1) is 10.2. The molecule has 0 fully saturated rings. The fraction of sp³-hybridized carbons (Fsp3) is 0.667. The number of hydrogen-bond acceptors (Lipinski definition) is 2. The van der Waals surface area contributed by atoms with Gasteiger partial charge in [0.1, 0.15) is 6.61 Å². The lowest BCUT2D eigenvalue weighted by Gasteiger charge is -2.10. The van der Waals surface area contributed by atoms with Gasteiger partial charge in [0.2, 0.25) is 0 Å². The van der Waals surface area contributed by atoms with Crippen LogP contribution in [0.3, 0.4) is 0 Å². The molecule has 0 amide bonds. The number of carbonyl (C=O) groups excluding carboxylic acids is 1. The molecule has 0 unspecified atom stereocenters. The van der Waals surface area contributed by atoms with Crippen LogP contribution in [-0.2, 0) is 9.53 Å². The Morgan fingerprint density at radius 2 is 2.00 bits per heavy atom. The van der Waals surface area contributed by atoms with Gasteiger partial charge in [-0.2, -0.15) is 0 Å². The van der Waals surface area contributed by atoms with Crippen molar-refractivity contribution in [2.75, 3.05) is 6.61 Å². The number of esters is 1. The molecule has 2 heteroatoms. The molecule has 0 aliphatic heterocycles. The second-order valence-electron chi connectivity index (χ2n) is 3.57. The summed E-state index contributed by atoms with van der Waals surface area (Å²) < 4.78 is 4.71. The van der Waals surface area contributed by atoms with Crippen LogP contribution in [0.2, 0.25) is 0 Å². The van der Waals surface area contributed by atoms with Gasteiger partial charge < -0.3 is 4.74 Å². The van der Waals surface area contributed by atoms with Gasteiger partial charge >= 0.3 is 5.97 Å². The van der Waals surface area contributed by atoms with E-state index < -0.39 is 0 Å². The van der Waals surface area contributed by atoms with E-state index >= 15 is 0 Å². The zero-order chi connectivity index (χ0) is 8.91. The zero-order valence-electron chi connectivity index (χ0n) is 7.68. The number of allylic oxidation sites excluding steroid dienone is 1. The van der Waals surface area contributed by atoms with Crippen molar-refractivity contribution in [1.82, 2.24) is 0 Å². The smallest absolute Gasteiger partial charge is 0.302 e. The predicted octanol–water partition coefficient (Wildman–Crippen LogP) is 2.15. The van der Waals surface area contributed by atoms with E-state index in [2.05, 4.69) is 20.8 Å². The summed E-state index contributed by atoms with van der Waals surface area (Å²) in [5, 5.41) is 0. The Labute approximate surface area is 68.2 Å². The summed E-state index contributed by atoms with van der Waals surface area (Å²) in [6.45, 7) is 8.07. The third-order valence-electron chi connectivity index (χ3n) is 1.00. The average molecular weight is 156 g/mol. The number of carbonyl (C=O) groups is 1. The number of rotatable bonds is 2. The minimum absolute atomic E-state index is 0.167. The first-order valence-electron chi connectivity index (χ1n) is 3.73. The lowest BCUT2D eigenvalue weighted by atomic mass is 9.96. The monoisotopic (exact) mass is 156 g/mol. The maximum atomic E-state index is 10.3. The predicted molar refractivity (Wildman–Crippen MR) is 45.2 cm³/mol. The highest BCUT2D eigenvalue weighted by atomic mass is 16.5. The van der Waals surface area contributed by atoms with E-state index in [-0.39, 0.29) is 11.4 Å². The second kappa shape index (κ2) is 4.16. The molecule has 0 bridgehead atoms. The van der Waals surface area contributed by atoms with Gasteiger partial charge in [0.05, 0.1) is 0 Å². The maximum Gasteiger partial charge on any atom is 0.302 e. The molecule has 0 N–H and O–H groups in total. The molecular formula is C9H16O2. The van der Waals surface area contributed by atoms with Crippen molar-refractivity contribution in [3.05, 3.63) is 12.2 Å². The highest BCUT2D eigenvalue weighted by Crippen LogP contribution is 2.13. The molecule has 0 saturated carbocycles. The van der Waals surface area contributed by atoms with Crippen LogP contribution >= 0.6 is 0 Å². The van der Waals surface area contributed by atoms with Gasteiger partial charge in [0.15, 0.2) is 0 Å². The van der Waals surface area contributed by atoms with E-state index in [1.54, 1.807) is 0 Å². The molecule has 0 heterocycles. The summed E-state index contributed by atoms with van der Waals surface area (Å²) in [6, 6.07) is 0. The lowest BCUT2D eigenvalue weighted by Crippen LogP contribution is -2.02. The Hall–Kier alpha value is -0.790. The highest BCUT2D eigenvalue weighted by molar-refractivity contribution is 5.65. The first-order valence-corrected chi connectivity index (χ1v) is 3.73. The summed E-state index contributed by atoms with van der Waals surface area (Å²) in [6.07, 6.45) is 3.89. The molecule has 2 nitrogen and oxygen atoms in total. The molecule has 0 aromatic heterocycles. The fourth-order valence-corrected chi connectivity index (χ4v) is 0.567. The maximum absolute atomic E-state index is 10.3. The SMILES string of the molecule is CC(=O)OC/C=C/C(C)(C)C. The first-order chi connectivity index (χ1) is 4.92. The Kier molecular flexibility index (Phi) is 3.86. The third kappa shape index (κ3) is 9.21. The molecular weight excluding hydrogens is 140 g/mol. The van der Waals surface area contributed by atoms with Crippen LogP contribution < -0.4 is 0 Å². The van der Waals surface area contributed by atoms with Crippen LogP contribution in [0.25, 0.3) is 0 Å². The van der Waals surface area contributed by atoms with Crippen LogP contribution in [0.5, 0.6) is 0 Å². The minimum Gasteiger partial charge on any atom is -0.462 e. The highest BCUT2D eigenvalue weighted by Gasteiger charge is 2.02. The van der Waals surface area contributed by atoms with Crippen molar-refractivity contribution in [3.63, 3.8) is 0 Å². The van der Waals surface area contributed by atoms with Crippen LogP contribution in [0.4, 0.5) is 0 Å². The van der Waals surface area contributed by atoms with Crippen LogP contribution in [0, 0.1) is 5.41 Å². The average Bonchev–Trinajstić information content (AvgIpc) is 1.78. The molecule has 0 aromatic carbocycles. The van der Waals surface area contributed by atoms with Crippen LogP contribution in [0.1, 0.15) is 27.7 Å². The van der Waals surface area contributed by atoms with Crippen molar-refractivity contribution in [2.45, 2.75) is 27.7 Å². The summed E-state index contributed by atoms with van der Waals surface area (Å²) in [4.78, 5) is 10.3. The minimum atomic E-state index is -0.233. The van der Waals surface area contributed by atoms with Gasteiger partial charge in [0, 0.05) is 6.92 Å². The number of ether oxygens (including phenoxy) is 1. The largest absolute Gasteiger partial charge is 0.462 e. The fourth-order valence-electron chi connectivity index (χ4n) is 0.567. The molecule has 0 spiro atoms. The molecule has 11 heavy (non-hydrogen) atoms. The van der Waals surface area contributed by atoms with Crippen LogP contribution in [-0.4, -0.2) is 12.6 Å². The molecule has 0 radical (unpaired) electrons. The molecule has 0 rings (SSSR count). The third-order valence-corrected chi connectivity index (χ3v) is 1.00. The lowest BCUT2D eigenvalue weighted by molar-refractivity contribution is -0.139. The molecule has 0 aromatic rings. The van der Waals surface area contributed by atoms with Crippen LogP contribution in [0.15, 0.2) is 12.2 Å². The van der Waals surface area contributed by atoms with Crippen molar-refractivity contribution in [1.29, 1.82) is 0 Å². The standard InChI is InChI=1S/C9H16O2/c1-8(10)11-7-5-6-9(2,3)4/h5-6H,7H2,1-4H3/b6-5+. The van der Waals surface area contributed by atoms with Gasteiger partial charge in [-0.25, -0.2) is 0 Å². The van der Waals surface area contributed by atoms with E-state index in [4.69, 9.17) is 4.74 Å². The van der Waals surface area contributed by atoms with E-state index in [9.17, 15) is 4.79 Å². The second-order valence-corrected chi connectivity index (χ2v) is 3.57. The van der Waals surface area contributed by atoms with Crippen molar-refractivity contribution in [2.24, 2.45) is 5.41 Å².